The van der Waals surface area contributed by atoms with Crippen molar-refractivity contribution in [3.8, 4) is 11.5 Å². The molecular weight excluding hydrogens is 324 g/mol. The molecule has 1 aliphatic rings. The highest BCUT2D eigenvalue weighted by atomic mass is 16.6. The summed E-state index contributed by atoms with van der Waals surface area (Å²) in [6.07, 6.45) is 0.881. The molecular formula is C18H18N2O5. The summed E-state index contributed by atoms with van der Waals surface area (Å²) in [4.78, 5) is 24.5. The number of fused-ring (bicyclic) bond motifs is 1. The summed E-state index contributed by atoms with van der Waals surface area (Å²) < 4.78 is 11.1. The minimum absolute atomic E-state index is 0.0846. The number of amides is 1. The van der Waals surface area contributed by atoms with Gasteiger partial charge in [0.1, 0.15) is 18.1 Å². The van der Waals surface area contributed by atoms with Crippen LogP contribution in [0, 0.1) is 10.1 Å². The maximum atomic E-state index is 12.5. The highest BCUT2D eigenvalue weighted by molar-refractivity contribution is 5.96. The van der Waals surface area contributed by atoms with Crippen LogP contribution in [-0.4, -0.2) is 30.6 Å². The molecule has 1 amide bonds. The lowest BCUT2D eigenvalue weighted by molar-refractivity contribution is -0.384. The Kier molecular flexibility index (Phi) is 4.83. The fraction of sp³-hybridized carbons (Fsp3) is 0.278. The average molecular weight is 342 g/mol. The van der Waals surface area contributed by atoms with E-state index in [-0.39, 0.29) is 18.2 Å². The largest absolute Gasteiger partial charge is 0.490 e. The normalized spacial score (nSPS) is 12.9. The number of carbonyl (C=O) groups is 1. The van der Waals surface area contributed by atoms with Crippen LogP contribution >= 0.6 is 0 Å². The zero-order valence-electron chi connectivity index (χ0n) is 13.8. The van der Waals surface area contributed by atoms with E-state index in [0.29, 0.717) is 30.3 Å². The maximum Gasteiger partial charge on any atom is 0.271 e. The van der Waals surface area contributed by atoms with Gasteiger partial charge in [0.05, 0.1) is 17.2 Å². The van der Waals surface area contributed by atoms with Gasteiger partial charge in [-0.3, -0.25) is 14.9 Å². The average Bonchev–Trinajstić information content (AvgIpc) is 2.65. The number of nitro benzene ring substituents is 1. The highest BCUT2D eigenvalue weighted by Crippen LogP contribution is 2.34. The first-order chi connectivity index (χ1) is 12.1. The van der Waals surface area contributed by atoms with Crippen LogP contribution < -0.4 is 14.4 Å². The Hall–Kier alpha value is -3.09. The van der Waals surface area contributed by atoms with Gasteiger partial charge >= 0.3 is 0 Å². The number of nitro groups is 1. The molecule has 0 aliphatic carbocycles. The first kappa shape index (κ1) is 16.8. The molecule has 2 aromatic carbocycles. The van der Waals surface area contributed by atoms with E-state index in [2.05, 4.69) is 0 Å². The third-order valence-corrected chi connectivity index (χ3v) is 3.99. The van der Waals surface area contributed by atoms with Crippen molar-refractivity contribution in [2.24, 2.45) is 0 Å². The minimum Gasteiger partial charge on any atom is -0.490 e. The van der Waals surface area contributed by atoms with Crippen LogP contribution in [0.3, 0.4) is 0 Å². The molecule has 7 nitrogen and oxygen atoms in total. The number of nitrogens with zero attached hydrogens (tertiary/aromatic N) is 2. The summed E-state index contributed by atoms with van der Waals surface area (Å²) in [5, 5.41) is 11.0. The molecule has 1 aliphatic heterocycles. The van der Waals surface area contributed by atoms with Crippen molar-refractivity contribution in [2.75, 3.05) is 24.7 Å². The standard InChI is InChI=1S/C18H18N2O5/c1-2-13-4-3-5-15(10-13)25-12-18(21)19-8-9-24-17-7-6-14(20(22)23)11-16(17)19/h3-7,10-11H,2,8-9,12H2,1H3. The highest BCUT2D eigenvalue weighted by Gasteiger charge is 2.26. The number of anilines is 1. The molecule has 25 heavy (non-hydrogen) atoms. The first-order valence-electron chi connectivity index (χ1n) is 8.02. The molecule has 0 fully saturated rings. The zero-order valence-corrected chi connectivity index (χ0v) is 13.8. The van der Waals surface area contributed by atoms with Crippen LogP contribution in [0.25, 0.3) is 0 Å². The Bertz CT molecular complexity index is 806. The van der Waals surface area contributed by atoms with Crippen molar-refractivity contribution in [1.29, 1.82) is 0 Å². The Morgan fingerprint density at radius 3 is 2.92 bits per heavy atom. The predicted octanol–water partition coefficient (Wildman–Crippen LogP) is 2.96. The Morgan fingerprint density at radius 2 is 2.16 bits per heavy atom. The van der Waals surface area contributed by atoms with Gasteiger partial charge in [-0.2, -0.15) is 0 Å². The molecule has 3 rings (SSSR count). The van der Waals surface area contributed by atoms with E-state index in [4.69, 9.17) is 9.47 Å². The quantitative estimate of drug-likeness (QED) is 0.616. The molecule has 0 N–H and O–H groups in total. The molecule has 0 aromatic heterocycles. The second-order valence-corrected chi connectivity index (χ2v) is 5.59. The summed E-state index contributed by atoms with van der Waals surface area (Å²) in [6.45, 7) is 2.56. The predicted molar refractivity (Wildman–Crippen MR) is 92.3 cm³/mol. The fourth-order valence-corrected chi connectivity index (χ4v) is 2.66. The zero-order chi connectivity index (χ0) is 17.8. The van der Waals surface area contributed by atoms with Gasteiger partial charge in [-0.1, -0.05) is 19.1 Å². The van der Waals surface area contributed by atoms with Crippen LogP contribution in [0.2, 0.25) is 0 Å². The SMILES string of the molecule is CCc1cccc(OCC(=O)N2CCOc3ccc([N+](=O)[O-])cc32)c1. The molecule has 1 heterocycles. The van der Waals surface area contributed by atoms with Crippen molar-refractivity contribution in [3.63, 3.8) is 0 Å². The van der Waals surface area contributed by atoms with E-state index in [1.165, 1.54) is 23.1 Å². The topological polar surface area (TPSA) is 81.9 Å². The number of carbonyl (C=O) groups excluding carboxylic acids is 1. The van der Waals surface area contributed by atoms with Crippen molar-refractivity contribution in [1.82, 2.24) is 0 Å². The summed E-state index contributed by atoms with van der Waals surface area (Å²) in [5.74, 6) is 0.811. The van der Waals surface area contributed by atoms with Crippen LogP contribution in [0.15, 0.2) is 42.5 Å². The van der Waals surface area contributed by atoms with Gasteiger partial charge in [-0.15, -0.1) is 0 Å². The molecule has 130 valence electrons. The van der Waals surface area contributed by atoms with E-state index >= 15 is 0 Å². The lowest BCUT2D eigenvalue weighted by Crippen LogP contribution is -2.40. The van der Waals surface area contributed by atoms with Crippen molar-refractivity contribution in [3.05, 3.63) is 58.1 Å². The van der Waals surface area contributed by atoms with Gasteiger partial charge in [-0.05, 0) is 30.2 Å². The van der Waals surface area contributed by atoms with Crippen LogP contribution in [0.4, 0.5) is 11.4 Å². The molecule has 0 radical (unpaired) electrons. The summed E-state index contributed by atoms with van der Waals surface area (Å²) in [5.41, 5.74) is 1.44. The number of benzene rings is 2. The van der Waals surface area contributed by atoms with Gasteiger partial charge in [-0.25, -0.2) is 0 Å². The van der Waals surface area contributed by atoms with Crippen LogP contribution in [-0.2, 0) is 11.2 Å². The van der Waals surface area contributed by atoms with Crippen molar-refractivity contribution >= 4 is 17.3 Å². The summed E-state index contributed by atoms with van der Waals surface area (Å²) >= 11 is 0. The van der Waals surface area contributed by atoms with E-state index < -0.39 is 4.92 Å². The van der Waals surface area contributed by atoms with E-state index in [0.717, 1.165) is 12.0 Å². The first-order valence-corrected chi connectivity index (χ1v) is 8.02. The number of aryl methyl sites for hydroxylation is 1. The molecule has 0 saturated heterocycles. The van der Waals surface area contributed by atoms with E-state index in [1.807, 2.05) is 25.1 Å². The lowest BCUT2D eigenvalue weighted by Gasteiger charge is -2.29. The Labute approximate surface area is 144 Å². The third kappa shape index (κ3) is 3.71. The molecule has 0 spiro atoms. The molecule has 0 atom stereocenters. The monoisotopic (exact) mass is 342 g/mol. The third-order valence-electron chi connectivity index (χ3n) is 3.99. The second-order valence-electron chi connectivity index (χ2n) is 5.59. The van der Waals surface area contributed by atoms with Crippen molar-refractivity contribution in [2.45, 2.75) is 13.3 Å². The van der Waals surface area contributed by atoms with Crippen molar-refractivity contribution < 1.29 is 19.2 Å². The number of hydrogen-bond acceptors (Lipinski definition) is 5. The molecule has 0 unspecified atom stereocenters. The van der Waals surface area contributed by atoms with Gasteiger partial charge < -0.3 is 14.4 Å². The number of hydrogen-bond donors (Lipinski definition) is 0. The van der Waals surface area contributed by atoms with Crippen LogP contribution in [0.5, 0.6) is 11.5 Å². The fourth-order valence-electron chi connectivity index (χ4n) is 2.66. The number of rotatable bonds is 5. The smallest absolute Gasteiger partial charge is 0.271 e. The number of ether oxygens (including phenoxy) is 2. The summed E-state index contributed by atoms with van der Waals surface area (Å²) in [6, 6.07) is 11.8. The van der Waals surface area contributed by atoms with Crippen LogP contribution in [0.1, 0.15) is 12.5 Å². The Morgan fingerprint density at radius 1 is 1.32 bits per heavy atom. The Balaban J connectivity index is 1.75. The van der Waals surface area contributed by atoms with Gasteiger partial charge in [0, 0.05) is 12.1 Å². The number of non-ortho nitro benzene ring substituents is 1. The molecule has 2 aromatic rings. The summed E-state index contributed by atoms with van der Waals surface area (Å²) in [7, 11) is 0. The van der Waals surface area contributed by atoms with E-state index in [1.54, 1.807) is 6.07 Å². The second kappa shape index (κ2) is 7.21. The molecule has 0 bridgehead atoms. The minimum atomic E-state index is -0.496. The van der Waals surface area contributed by atoms with E-state index in [9.17, 15) is 14.9 Å². The van der Waals surface area contributed by atoms with Gasteiger partial charge in [0.25, 0.3) is 11.6 Å². The molecule has 7 heteroatoms. The lowest BCUT2D eigenvalue weighted by atomic mass is 10.2. The van der Waals surface area contributed by atoms with Gasteiger partial charge in [0.15, 0.2) is 6.61 Å². The molecule has 0 saturated carbocycles. The van der Waals surface area contributed by atoms with Gasteiger partial charge in [0.2, 0.25) is 0 Å². The maximum absolute atomic E-state index is 12.5.